The molecule has 0 spiro atoms. The van der Waals surface area contributed by atoms with Gasteiger partial charge in [-0.15, -0.1) is 0 Å². The first-order valence-corrected chi connectivity index (χ1v) is 5.95. The van der Waals surface area contributed by atoms with Crippen molar-refractivity contribution in [3.63, 3.8) is 0 Å². The van der Waals surface area contributed by atoms with Crippen LogP contribution >= 0.6 is 0 Å². The van der Waals surface area contributed by atoms with Crippen LogP contribution in [0.25, 0.3) is 0 Å². The maximum atomic E-state index is 4.50. The summed E-state index contributed by atoms with van der Waals surface area (Å²) in [5, 5.41) is 0. The summed E-state index contributed by atoms with van der Waals surface area (Å²) in [6.45, 7) is 6.75. The highest BCUT2D eigenvalue weighted by atomic mass is 15.3. The van der Waals surface area contributed by atoms with Crippen LogP contribution < -0.4 is 4.90 Å². The van der Waals surface area contributed by atoms with Crippen LogP contribution in [0, 0.1) is 18.8 Å². The third kappa shape index (κ3) is 1.67. The number of hydrogen-bond donors (Lipinski definition) is 0. The summed E-state index contributed by atoms with van der Waals surface area (Å²) in [4.78, 5) is 13.5. The van der Waals surface area contributed by atoms with Crippen molar-refractivity contribution in [2.45, 2.75) is 6.92 Å². The number of fused-ring (bicyclic) bond motifs is 1. The average Bonchev–Trinajstić information content (AvgIpc) is 2.74. The lowest BCUT2D eigenvalue weighted by Crippen LogP contribution is -2.27. The summed E-state index contributed by atoms with van der Waals surface area (Å²) in [6, 6.07) is 2.03. The maximum absolute atomic E-state index is 4.50. The normalized spacial score (nSPS) is 29.8. The lowest BCUT2D eigenvalue weighted by atomic mass is 10.0. The number of aromatic nitrogens is 2. The second-order valence-electron chi connectivity index (χ2n) is 5.11. The molecule has 0 aliphatic carbocycles. The Morgan fingerprint density at radius 2 is 1.88 bits per heavy atom. The van der Waals surface area contributed by atoms with Gasteiger partial charge < -0.3 is 9.80 Å². The van der Waals surface area contributed by atoms with Crippen LogP contribution in [0.1, 0.15) is 5.82 Å². The minimum absolute atomic E-state index is 0.834. The third-order valence-electron chi connectivity index (χ3n) is 3.75. The fourth-order valence-electron chi connectivity index (χ4n) is 3.03. The lowest BCUT2D eigenvalue weighted by molar-refractivity contribution is 0.387. The first kappa shape index (κ1) is 10.0. The number of nitrogens with zero attached hydrogens (tertiary/aromatic N) is 4. The molecule has 2 aliphatic heterocycles. The van der Waals surface area contributed by atoms with Gasteiger partial charge in [-0.05, 0) is 31.9 Å². The zero-order valence-corrected chi connectivity index (χ0v) is 9.93. The van der Waals surface area contributed by atoms with Crippen LogP contribution in [0.2, 0.25) is 0 Å². The predicted molar refractivity (Wildman–Crippen MR) is 63.5 cm³/mol. The van der Waals surface area contributed by atoms with Gasteiger partial charge in [0.15, 0.2) is 0 Å². The molecule has 2 aliphatic rings. The molecule has 0 saturated carbocycles. The quantitative estimate of drug-likeness (QED) is 0.697. The Morgan fingerprint density at radius 1 is 1.19 bits per heavy atom. The fourth-order valence-corrected chi connectivity index (χ4v) is 3.03. The molecule has 0 aromatic carbocycles. The number of hydrogen-bond acceptors (Lipinski definition) is 4. The minimum atomic E-state index is 0.834. The van der Waals surface area contributed by atoms with Crippen LogP contribution in [0.15, 0.2) is 12.3 Å². The van der Waals surface area contributed by atoms with Gasteiger partial charge in [-0.3, -0.25) is 0 Å². The lowest BCUT2D eigenvalue weighted by Gasteiger charge is -2.20. The van der Waals surface area contributed by atoms with E-state index in [1.54, 1.807) is 0 Å². The van der Waals surface area contributed by atoms with Gasteiger partial charge in [0.2, 0.25) is 0 Å². The molecule has 2 saturated heterocycles. The molecule has 1 aromatic rings. The smallest absolute Gasteiger partial charge is 0.132 e. The van der Waals surface area contributed by atoms with E-state index >= 15 is 0 Å². The van der Waals surface area contributed by atoms with Crippen molar-refractivity contribution >= 4 is 5.82 Å². The van der Waals surface area contributed by atoms with Gasteiger partial charge in [0, 0.05) is 32.4 Å². The fraction of sp³-hybridized carbons (Fsp3) is 0.667. The first-order chi connectivity index (χ1) is 7.72. The van der Waals surface area contributed by atoms with Crippen molar-refractivity contribution in [3.05, 3.63) is 18.1 Å². The highest BCUT2D eigenvalue weighted by Crippen LogP contribution is 2.32. The molecule has 3 heterocycles. The zero-order valence-electron chi connectivity index (χ0n) is 9.93. The molecular formula is C12H18N4. The van der Waals surface area contributed by atoms with Crippen molar-refractivity contribution in [1.29, 1.82) is 0 Å². The number of anilines is 1. The van der Waals surface area contributed by atoms with E-state index in [0.29, 0.717) is 0 Å². The second-order valence-corrected chi connectivity index (χ2v) is 5.11. The van der Waals surface area contributed by atoms with Crippen LogP contribution in [0.4, 0.5) is 5.82 Å². The molecule has 2 fully saturated rings. The van der Waals surface area contributed by atoms with Crippen LogP contribution in [-0.2, 0) is 0 Å². The van der Waals surface area contributed by atoms with Crippen LogP contribution in [-0.4, -0.2) is 48.1 Å². The Labute approximate surface area is 96.3 Å². The van der Waals surface area contributed by atoms with E-state index in [0.717, 1.165) is 36.6 Å². The Balaban J connectivity index is 1.75. The average molecular weight is 218 g/mol. The largest absolute Gasteiger partial charge is 0.356 e. The molecule has 2 atom stereocenters. The van der Waals surface area contributed by atoms with Gasteiger partial charge in [-0.1, -0.05) is 0 Å². The van der Waals surface area contributed by atoms with Gasteiger partial charge >= 0.3 is 0 Å². The molecule has 16 heavy (non-hydrogen) atoms. The van der Waals surface area contributed by atoms with Crippen molar-refractivity contribution in [2.24, 2.45) is 11.8 Å². The molecular weight excluding hydrogens is 200 g/mol. The highest BCUT2D eigenvalue weighted by Gasteiger charge is 2.38. The molecule has 86 valence electrons. The van der Waals surface area contributed by atoms with Gasteiger partial charge in [0.25, 0.3) is 0 Å². The first-order valence-electron chi connectivity index (χ1n) is 5.95. The molecule has 0 N–H and O–H groups in total. The van der Waals surface area contributed by atoms with E-state index in [4.69, 9.17) is 0 Å². The summed E-state index contributed by atoms with van der Waals surface area (Å²) in [6.07, 6.45) is 1.86. The highest BCUT2D eigenvalue weighted by molar-refractivity contribution is 5.39. The van der Waals surface area contributed by atoms with Crippen LogP contribution in [0.5, 0.6) is 0 Å². The summed E-state index contributed by atoms with van der Waals surface area (Å²) in [7, 11) is 2.22. The van der Waals surface area contributed by atoms with Gasteiger partial charge in [0.1, 0.15) is 11.6 Å². The number of aryl methyl sites for hydroxylation is 1. The summed E-state index contributed by atoms with van der Waals surface area (Å²) < 4.78 is 0. The van der Waals surface area contributed by atoms with Crippen molar-refractivity contribution in [1.82, 2.24) is 14.9 Å². The number of likely N-dealkylation sites (tertiary alicyclic amines) is 1. The minimum Gasteiger partial charge on any atom is -0.356 e. The molecule has 4 heteroatoms. The second kappa shape index (κ2) is 3.70. The van der Waals surface area contributed by atoms with Gasteiger partial charge in [-0.2, -0.15) is 0 Å². The molecule has 4 nitrogen and oxygen atoms in total. The summed E-state index contributed by atoms with van der Waals surface area (Å²) in [5.74, 6) is 3.64. The maximum Gasteiger partial charge on any atom is 0.132 e. The molecule has 2 unspecified atom stereocenters. The van der Waals surface area contributed by atoms with E-state index < -0.39 is 0 Å². The molecule has 3 rings (SSSR count). The van der Waals surface area contributed by atoms with E-state index in [1.807, 2.05) is 19.2 Å². The third-order valence-corrected chi connectivity index (χ3v) is 3.75. The predicted octanol–water partition coefficient (Wildman–Crippen LogP) is 0.783. The monoisotopic (exact) mass is 218 g/mol. The molecule has 0 radical (unpaired) electrons. The standard InChI is InChI=1S/C12H18N4/c1-9-13-4-3-12(14-9)16-7-10-5-15(2)6-11(10)8-16/h3-4,10-11H,5-8H2,1-2H3. The Bertz CT molecular complexity index is 378. The zero-order chi connectivity index (χ0) is 11.1. The van der Waals surface area contributed by atoms with Gasteiger partial charge in [0.05, 0.1) is 0 Å². The topological polar surface area (TPSA) is 32.3 Å². The van der Waals surface area contributed by atoms with Crippen molar-refractivity contribution in [2.75, 3.05) is 38.1 Å². The van der Waals surface area contributed by atoms with E-state index in [1.165, 1.54) is 13.1 Å². The Hall–Kier alpha value is -1.16. The van der Waals surface area contributed by atoms with Crippen molar-refractivity contribution in [3.8, 4) is 0 Å². The van der Waals surface area contributed by atoms with Gasteiger partial charge in [-0.25, -0.2) is 9.97 Å². The van der Waals surface area contributed by atoms with E-state index in [2.05, 4.69) is 26.8 Å². The van der Waals surface area contributed by atoms with Crippen LogP contribution in [0.3, 0.4) is 0 Å². The summed E-state index contributed by atoms with van der Waals surface area (Å²) >= 11 is 0. The molecule has 0 bridgehead atoms. The van der Waals surface area contributed by atoms with E-state index in [-0.39, 0.29) is 0 Å². The van der Waals surface area contributed by atoms with Crippen molar-refractivity contribution < 1.29 is 0 Å². The molecule has 1 aromatic heterocycles. The Kier molecular flexibility index (Phi) is 2.32. The SMILES string of the molecule is Cc1nccc(N2CC3CN(C)CC3C2)n1. The summed E-state index contributed by atoms with van der Waals surface area (Å²) in [5.41, 5.74) is 0. The van der Waals surface area contributed by atoms with E-state index in [9.17, 15) is 0 Å². The molecule has 0 amide bonds. The number of rotatable bonds is 1. The Morgan fingerprint density at radius 3 is 2.50 bits per heavy atom.